The van der Waals surface area contributed by atoms with Gasteiger partial charge in [-0.15, -0.1) is 0 Å². The minimum absolute atomic E-state index is 0.0302. The molecule has 0 radical (unpaired) electrons. The van der Waals surface area contributed by atoms with Crippen LogP contribution in [0.2, 0.25) is 0 Å². The lowest BCUT2D eigenvalue weighted by atomic mass is 9.93. The number of rotatable bonds is 7. The summed E-state index contributed by atoms with van der Waals surface area (Å²) >= 11 is 0. The number of β-amino-alcohol motifs (C(OH)–C–C–N with tert-alkyl or cyclic N) is 1. The number of methoxy groups -OCH3 is 1. The monoisotopic (exact) mass is 434 g/mol. The number of amides is 1. The van der Waals surface area contributed by atoms with E-state index < -0.39 is 6.10 Å². The van der Waals surface area contributed by atoms with E-state index in [0.29, 0.717) is 56.1 Å². The Kier molecular flexibility index (Phi) is 7.66. The van der Waals surface area contributed by atoms with Gasteiger partial charge in [0.15, 0.2) is 11.5 Å². The van der Waals surface area contributed by atoms with Crippen molar-refractivity contribution >= 4 is 5.91 Å². The van der Waals surface area contributed by atoms with E-state index in [0.717, 1.165) is 50.9 Å². The molecule has 0 bridgehead atoms. The van der Waals surface area contributed by atoms with Gasteiger partial charge in [-0.25, -0.2) is 0 Å². The predicted octanol–water partition coefficient (Wildman–Crippen LogP) is 1.59. The SMILES string of the molecule is COCc1cc2c(c(C(=O)NCC3CCN(CC4CCCO4)CC3O)c1)OCCCO2. The van der Waals surface area contributed by atoms with Gasteiger partial charge in [-0.05, 0) is 43.5 Å². The molecule has 3 aliphatic rings. The van der Waals surface area contributed by atoms with Crippen molar-refractivity contribution in [3.63, 3.8) is 0 Å². The maximum atomic E-state index is 13.0. The standard InChI is InChI=1S/C23H34N2O6/c1-28-15-16-10-19(22-21(11-16)30-8-3-9-31-22)23(27)24-12-17-5-6-25(14-20(17)26)13-18-4-2-7-29-18/h10-11,17-18,20,26H,2-9,12-15H2,1H3,(H,24,27). The van der Waals surface area contributed by atoms with Crippen molar-refractivity contribution in [2.45, 2.75) is 44.5 Å². The lowest BCUT2D eigenvalue weighted by Crippen LogP contribution is -2.49. The summed E-state index contributed by atoms with van der Waals surface area (Å²) in [6.07, 6.45) is 3.67. The Morgan fingerprint density at radius 3 is 2.87 bits per heavy atom. The number of likely N-dealkylation sites (tertiary alicyclic amines) is 1. The number of hydrogen-bond donors (Lipinski definition) is 2. The molecule has 1 amide bonds. The van der Waals surface area contributed by atoms with Gasteiger partial charge in [0.2, 0.25) is 0 Å². The minimum Gasteiger partial charge on any atom is -0.490 e. The molecule has 0 spiro atoms. The van der Waals surface area contributed by atoms with E-state index in [1.54, 1.807) is 13.2 Å². The number of nitrogens with zero attached hydrogens (tertiary/aromatic N) is 1. The van der Waals surface area contributed by atoms with E-state index in [4.69, 9.17) is 18.9 Å². The zero-order chi connectivity index (χ0) is 21.6. The first kappa shape index (κ1) is 22.3. The Morgan fingerprint density at radius 2 is 2.10 bits per heavy atom. The smallest absolute Gasteiger partial charge is 0.255 e. The van der Waals surface area contributed by atoms with Crippen LogP contribution in [-0.2, 0) is 16.1 Å². The third-order valence-corrected chi connectivity index (χ3v) is 6.28. The normalized spacial score (nSPS) is 26.5. The maximum Gasteiger partial charge on any atom is 0.255 e. The number of ether oxygens (including phenoxy) is 4. The van der Waals surface area contributed by atoms with Gasteiger partial charge in [0.25, 0.3) is 5.91 Å². The minimum atomic E-state index is -0.466. The van der Waals surface area contributed by atoms with E-state index in [1.807, 2.05) is 6.07 Å². The number of carbonyl (C=O) groups is 1. The molecule has 0 aromatic heterocycles. The zero-order valence-corrected chi connectivity index (χ0v) is 18.3. The summed E-state index contributed by atoms with van der Waals surface area (Å²) in [5, 5.41) is 13.7. The summed E-state index contributed by atoms with van der Waals surface area (Å²) in [5.41, 5.74) is 1.32. The molecule has 172 valence electrons. The molecular formula is C23H34N2O6. The van der Waals surface area contributed by atoms with Crippen molar-refractivity contribution in [1.82, 2.24) is 10.2 Å². The van der Waals surface area contributed by atoms with Crippen LogP contribution in [0.4, 0.5) is 0 Å². The van der Waals surface area contributed by atoms with Crippen LogP contribution in [0, 0.1) is 5.92 Å². The van der Waals surface area contributed by atoms with Crippen LogP contribution in [-0.4, -0.2) is 81.2 Å². The molecule has 0 saturated carbocycles. The summed E-state index contributed by atoms with van der Waals surface area (Å²) in [5.74, 6) is 0.887. The number of aliphatic hydroxyl groups is 1. The first-order valence-electron chi connectivity index (χ1n) is 11.4. The highest BCUT2D eigenvalue weighted by atomic mass is 16.5. The van der Waals surface area contributed by atoms with E-state index in [9.17, 15) is 9.90 Å². The molecule has 8 heteroatoms. The molecule has 1 aromatic rings. The average molecular weight is 435 g/mol. The molecular weight excluding hydrogens is 400 g/mol. The Hall–Kier alpha value is -1.87. The second-order valence-electron chi connectivity index (χ2n) is 8.67. The molecule has 8 nitrogen and oxygen atoms in total. The van der Waals surface area contributed by atoms with Crippen molar-refractivity contribution in [3.05, 3.63) is 23.3 Å². The quantitative estimate of drug-likeness (QED) is 0.674. The first-order chi connectivity index (χ1) is 15.1. The van der Waals surface area contributed by atoms with Crippen molar-refractivity contribution < 1.29 is 28.8 Å². The lowest BCUT2D eigenvalue weighted by molar-refractivity contribution is -0.00191. The molecule has 3 heterocycles. The van der Waals surface area contributed by atoms with Gasteiger partial charge >= 0.3 is 0 Å². The van der Waals surface area contributed by atoms with Crippen molar-refractivity contribution in [1.29, 1.82) is 0 Å². The second-order valence-corrected chi connectivity index (χ2v) is 8.67. The number of aliphatic hydroxyl groups excluding tert-OH is 1. The molecule has 4 rings (SSSR count). The van der Waals surface area contributed by atoms with Crippen molar-refractivity contribution in [3.8, 4) is 11.5 Å². The van der Waals surface area contributed by atoms with Crippen LogP contribution in [0.1, 0.15) is 41.6 Å². The molecule has 2 saturated heterocycles. The van der Waals surface area contributed by atoms with Gasteiger partial charge in [-0.3, -0.25) is 9.69 Å². The van der Waals surface area contributed by atoms with E-state index in [-0.39, 0.29) is 11.8 Å². The fourth-order valence-corrected chi connectivity index (χ4v) is 4.59. The fourth-order valence-electron chi connectivity index (χ4n) is 4.59. The van der Waals surface area contributed by atoms with Crippen LogP contribution in [0.3, 0.4) is 0 Å². The lowest BCUT2D eigenvalue weighted by Gasteiger charge is -2.37. The number of nitrogens with one attached hydrogen (secondary N) is 1. The third kappa shape index (κ3) is 5.68. The van der Waals surface area contributed by atoms with Gasteiger partial charge in [0.1, 0.15) is 0 Å². The molecule has 2 fully saturated rings. The second kappa shape index (κ2) is 10.6. The highest BCUT2D eigenvalue weighted by molar-refractivity contribution is 5.98. The van der Waals surface area contributed by atoms with E-state index in [1.165, 1.54) is 0 Å². The molecule has 31 heavy (non-hydrogen) atoms. The van der Waals surface area contributed by atoms with Gasteiger partial charge in [-0.1, -0.05) is 0 Å². The predicted molar refractivity (Wildman–Crippen MR) is 115 cm³/mol. The van der Waals surface area contributed by atoms with Gasteiger partial charge in [0.05, 0.1) is 37.6 Å². The third-order valence-electron chi connectivity index (χ3n) is 6.28. The highest BCUT2D eigenvalue weighted by Gasteiger charge is 2.30. The molecule has 3 aliphatic heterocycles. The van der Waals surface area contributed by atoms with Crippen LogP contribution < -0.4 is 14.8 Å². The van der Waals surface area contributed by atoms with E-state index >= 15 is 0 Å². The topological polar surface area (TPSA) is 89.5 Å². The summed E-state index contributed by atoms with van der Waals surface area (Å²) in [7, 11) is 1.62. The summed E-state index contributed by atoms with van der Waals surface area (Å²) in [4.78, 5) is 15.3. The van der Waals surface area contributed by atoms with Gasteiger partial charge in [0, 0.05) is 45.7 Å². The van der Waals surface area contributed by atoms with Crippen LogP contribution in [0.15, 0.2) is 12.1 Å². The van der Waals surface area contributed by atoms with Crippen LogP contribution in [0.25, 0.3) is 0 Å². The fraction of sp³-hybridized carbons (Fsp3) is 0.696. The number of carbonyl (C=O) groups excluding carboxylic acids is 1. The highest BCUT2D eigenvalue weighted by Crippen LogP contribution is 2.35. The molecule has 0 aliphatic carbocycles. The molecule has 2 N–H and O–H groups in total. The average Bonchev–Trinajstić information content (AvgIpc) is 3.15. The van der Waals surface area contributed by atoms with E-state index in [2.05, 4.69) is 10.2 Å². The van der Waals surface area contributed by atoms with Crippen LogP contribution in [0.5, 0.6) is 11.5 Å². The number of benzene rings is 1. The molecule has 3 atom stereocenters. The van der Waals surface area contributed by atoms with Gasteiger partial charge < -0.3 is 29.4 Å². The first-order valence-corrected chi connectivity index (χ1v) is 11.4. The maximum absolute atomic E-state index is 13.0. The number of fused-ring (bicyclic) bond motifs is 1. The zero-order valence-electron chi connectivity index (χ0n) is 18.3. The summed E-state index contributed by atoms with van der Waals surface area (Å²) in [6, 6.07) is 3.67. The Balaban J connectivity index is 1.35. The van der Waals surface area contributed by atoms with Crippen molar-refractivity contribution in [2.24, 2.45) is 5.92 Å². The summed E-state index contributed by atoms with van der Waals surface area (Å²) < 4.78 is 22.6. The van der Waals surface area contributed by atoms with Crippen molar-refractivity contribution in [2.75, 3.05) is 53.1 Å². The molecule has 3 unspecified atom stereocenters. The molecule has 1 aromatic carbocycles. The van der Waals surface area contributed by atoms with Crippen LogP contribution >= 0.6 is 0 Å². The Morgan fingerprint density at radius 1 is 1.23 bits per heavy atom. The largest absolute Gasteiger partial charge is 0.490 e. The number of piperidine rings is 1. The Bertz CT molecular complexity index is 752. The van der Waals surface area contributed by atoms with Gasteiger partial charge in [-0.2, -0.15) is 0 Å². The summed E-state index contributed by atoms with van der Waals surface area (Å²) in [6.45, 7) is 5.14. The Labute approximate surface area is 183 Å². The number of hydrogen-bond acceptors (Lipinski definition) is 7.